The van der Waals surface area contributed by atoms with Crippen LogP contribution in [-0.2, 0) is 0 Å². The van der Waals surface area contributed by atoms with Crippen molar-refractivity contribution in [3.8, 4) is 11.4 Å². The van der Waals surface area contributed by atoms with Crippen LogP contribution in [0.2, 0.25) is 10.0 Å². The predicted octanol–water partition coefficient (Wildman–Crippen LogP) is 1.65. The molecule has 0 aliphatic heterocycles. The molecule has 0 saturated heterocycles. The van der Waals surface area contributed by atoms with Crippen LogP contribution in [0, 0.1) is 0 Å². The molecule has 1 heterocycles. The fraction of sp³-hybridized carbons (Fsp3) is 0. The Balaban J connectivity index is 2.71. The quantitative estimate of drug-likeness (QED) is 0.667. The van der Waals surface area contributed by atoms with Crippen LogP contribution in [0.3, 0.4) is 0 Å². The molecule has 5 nitrogen and oxygen atoms in total. The molecule has 2 aromatic rings. The number of nitrogens with zero attached hydrogens (tertiary/aromatic N) is 1. The largest absolute Gasteiger partial charge is 0.397 e. The number of aromatic nitrogens is 3. The summed E-state index contributed by atoms with van der Waals surface area (Å²) in [5.74, 6) is 0.269. The molecule has 1 aromatic heterocycles. The van der Waals surface area contributed by atoms with E-state index < -0.39 is 5.69 Å². The summed E-state index contributed by atoms with van der Waals surface area (Å²) in [7, 11) is 0. The molecule has 0 radical (unpaired) electrons. The number of rotatable bonds is 1. The van der Waals surface area contributed by atoms with Crippen molar-refractivity contribution in [2.75, 3.05) is 5.73 Å². The maximum atomic E-state index is 10.9. The van der Waals surface area contributed by atoms with Crippen molar-refractivity contribution in [1.29, 1.82) is 0 Å². The highest BCUT2D eigenvalue weighted by molar-refractivity contribution is 6.37. The number of hydrogen-bond acceptors (Lipinski definition) is 3. The molecule has 0 aliphatic carbocycles. The van der Waals surface area contributed by atoms with Crippen LogP contribution in [0.25, 0.3) is 11.4 Å². The van der Waals surface area contributed by atoms with Gasteiger partial charge in [0.2, 0.25) is 0 Å². The minimum atomic E-state index is -0.430. The van der Waals surface area contributed by atoms with Gasteiger partial charge in [-0.1, -0.05) is 23.2 Å². The van der Waals surface area contributed by atoms with Crippen LogP contribution in [0.5, 0.6) is 0 Å². The van der Waals surface area contributed by atoms with Crippen LogP contribution in [0.4, 0.5) is 5.69 Å². The minimum Gasteiger partial charge on any atom is -0.397 e. The number of aromatic amines is 2. The SMILES string of the molecule is Nc1c(Cl)ccc(Cl)c1-c1n[nH]c(=O)[nH]1. The summed E-state index contributed by atoms with van der Waals surface area (Å²) in [5.41, 5.74) is 6.01. The molecule has 4 N–H and O–H groups in total. The lowest BCUT2D eigenvalue weighted by Gasteiger charge is -2.05. The first-order valence-corrected chi connectivity index (χ1v) is 4.73. The van der Waals surface area contributed by atoms with Gasteiger partial charge in [-0.15, -0.1) is 0 Å². The van der Waals surface area contributed by atoms with Crippen molar-refractivity contribution in [2.24, 2.45) is 0 Å². The summed E-state index contributed by atoms with van der Waals surface area (Å²) >= 11 is 11.8. The molecule has 0 amide bonds. The summed E-state index contributed by atoms with van der Waals surface area (Å²) in [4.78, 5) is 13.3. The van der Waals surface area contributed by atoms with E-state index in [2.05, 4.69) is 15.2 Å². The summed E-state index contributed by atoms with van der Waals surface area (Å²) in [5, 5.41) is 6.69. The second-order valence-corrected chi connectivity index (χ2v) is 3.66. The van der Waals surface area contributed by atoms with Crippen LogP contribution >= 0.6 is 23.2 Å². The van der Waals surface area contributed by atoms with Gasteiger partial charge in [0.1, 0.15) is 0 Å². The highest BCUT2D eigenvalue weighted by atomic mass is 35.5. The molecule has 0 bridgehead atoms. The van der Waals surface area contributed by atoms with Gasteiger partial charge in [0, 0.05) is 0 Å². The van der Waals surface area contributed by atoms with Crippen LogP contribution in [-0.4, -0.2) is 15.2 Å². The molecule has 0 unspecified atom stereocenters. The summed E-state index contributed by atoms with van der Waals surface area (Å²) < 4.78 is 0. The van der Waals surface area contributed by atoms with Gasteiger partial charge in [-0.25, -0.2) is 9.89 Å². The highest BCUT2D eigenvalue weighted by Gasteiger charge is 2.13. The summed E-state index contributed by atoms with van der Waals surface area (Å²) in [6, 6.07) is 3.16. The van der Waals surface area contributed by atoms with E-state index in [9.17, 15) is 4.79 Å². The van der Waals surface area contributed by atoms with Crippen LogP contribution in [0.1, 0.15) is 0 Å². The topological polar surface area (TPSA) is 87.6 Å². The molecule has 15 heavy (non-hydrogen) atoms. The Kier molecular flexibility index (Phi) is 2.42. The van der Waals surface area contributed by atoms with E-state index in [1.165, 1.54) is 0 Å². The molecule has 0 fully saturated rings. The third kappa shape index (κ3) is 1.71. The van der Waals surface area contributed by atoms with Gasteiger partial charge in [-0.2, -0.15) is 5.10 Å². The van der Waals surface area contributed by atoms with E-state index in [1.54, 1.807) is 12.1 Å². The predicted molar refractivity (Wildman–Crippen MR) is 59.1 cm³/mol. The molecule has 2 rings (SSSR count). The Morgan fingerprint density at radius 2 is 1.93 bits per heavy atom. The number of nitrogen functional groups attached to an aromatic ring is 1. The molecule has 0 spiro atoms. The van der Waals surface area contributed by atoms with E-state index in [4.69, 9.17) is 28.9 Å². The first-order valence-electron chi connectivity index (χ1n) is 3.98. The molecular formula is C8H6Cl2N4O. The highest BCUT2D eigenvalue weighted by Crippen LogP contribution is 2.35. The number of nitrogens with one attached hydrogen (secondary N) is 2. The van der Waals surface area contributed by atoms with E-state index >= 15 is 0 Å². The average Bonchev–Trinajstić information content (AvgIpc) is 2.59. The first-order chi connectivity index (χ1) is 7.09. The lowest BCUT2D eigenvalue weighted by molar-refractivity contribution is 1.05. The van der Waals surface area contributed by atoms with Gasteiger partial charge >= 0.3 is 5.69 Å². The smallest absolute Gasteiger partial charge is 0.340 e. The zero-order chi connectivity index (χ0) is 11.0. The zero-order valence-corrected chi connectivity index (χ0v) is 8.86. The summed E-state index contributed by atoms with van der Waals surface area (Å²) in [6.07, 6.45) is 0. The van der Waals surface area contributed by atoms with Gasteiger partial charge in [0.05, 0.1) is 21.3 Å². The molecular weight excluding hydrogens is 239 g/mol. The van der Waals surface area contributed by atoms with Crippen molar-refractivity contribution in [2.45, 2.75) is 0 Å². The Hall–Kier alpha value is -1.46. The fourth-order valence-corrected chi connectivity index (χ4v) is 1.61. The maximum absolute atomic E-state index is 10.9. The third-order valence-corrected chi connectivity index (χ3v) is 2.52. The lowest BCUT2D eigenvalue weighted by Crippen LogP contribution is -2.01. The van der Waals surface area contributed by atoms with Crippen molar-refractivity contribution < 1.29 is 0 Å². The Morgan fingerprint density at radius 1 is 1.27 bits per heavy atom. The van der Waals surface area contributed by atoms with E-state index in [0.29, 0.717) is 15.6 Å². The Labute approximate surface area is 94.2 Å². The molecule has 0 atom stereocenters. The summed E-state index contributed by atoms with van der Waals surface area (Å²) in [6.45, 7) is 0. The number of anilines is 1. The van der Waals surface area contributed by atoms with Crippen molar-refractivity contribution in [1.82, 2.24) is 15.2 Å². The molecule has 0 aliphatic rings. The molecule has 0 saturated carbocycles. The van der Waals surface area contributed by atoms with Crippen LogP contribution in [0.15, 0.2) is 16.9 Å². The number of H-pyrrole nitrogens is 2. The molecule has 78 valence electrons. The lowest BCUT2D eigenvalue weighted by atomic mass is 10.1. The molecule has 1 aromatic carbocycles. The van der Waals surface area contributed by atoms with Gasteiger partial charge in [0.25, 0.3) is 0 Å². The number of nitrogens with two attached hydrogens (primary N) is 1. The standard InChI is InChI=1S/C8H6Cl2N4O/c9-3-1-2-4(10)6(11)5(3)7-12-8(15)14-13-7/h1-2H,11H2,(H2,12,13,14,15). The van der Waals surface area contributed by atoms with Gasteiger partial charge < -0.3 is 5.73 Å². The third-order valence-electron chi connectivity index (χ3n) is 1.88. The number of halogens is 2. The fourth-order valence-electron chi connectivity index (χ4n) is 1.20. The van der Waals surface area contributed by atoms with Gasteiger partial charge in [-0.05, 0) is 12.1 Å². The minimum absolute atomic E-state index is 0.269. The van der Waals surface area contributed by atoms with E-state index in [-0.39, 0.29) is 11.5 Å². The zero-order valence-electron chi connectivity index (χ0n) is 7.34. The maximum Gasteiger partial charge on any atom is 0.340 e. The second kappa shape index (κ2) is 3.60. The van der Waals surface area contributed by atoms with Crippen LogP contribution < -0.4 is 11.4 Å². The van der Waals surface area contributed by atoms with Gasteiger partial charge in [0.15, 0.2) is 5.82 Å². The van der Waals surface area contributed by atoms with Crippen molar-refractivity contribution in [3.63, 3.8) is 0 Å². The van der Waals surface area contributed by atoms with Crippen molar-refractivity contribution >= 4 is 28.9 Å². The Morgan fingerprint density at radius 3 is 2.53 bits per heavy atom. The molecule has 7 heteroatoms. The van der Waals surface area contributed by atoms with Gasteiger partial charge in [-0.3, -0.25) is 4.98 Å². The van der Waals surface area contributed by atoms with Crippen molar-refractivity contribution in [3.05, 3.63) is 32.7 Å². The van der Waals surface area contributed by atoms with E-state index in [1.807, 2.05) is 0 Å². The first kappa shape index (κ1) is 10.1. The monoisotopic (exact) mass is 244 g/mol. The second-order valence-electron chi connectivity index (χ2n) is 2.84. The number of benzene rings is 1. The Bertz CT molecular complexity index is 560. The average molecular weight is 245 g/mol. The normalized spacial score (nSPS) is 10.5. The number of hydrogen-bond donors (Lipinski definition) is 3. The van der Waals surface area contributed by atoms with E-state index in [0.717, 1.165) is 0 Å².